The molecule has 0 aromatic heterocycles. The molecule has 1 saturated carbocycles. The first kappa shape index (κ1) is 17.2. The summed E-state index contributed by atoms with van der Waals surface area (Å²) in [5.41, 5.74) is 0. The second-order valence-corrected chi connectivity index (χ2v) is 7.59. The van der Waals surface area contributed by atoms with Gasteiger partial charge in [0.15, 0.2) is 0 Å². The molecule has 2 aliphatic rings. The monoisotopic (exact) mass is 296 g/mol. The summed E-state index contributed by atoms with van der Waals surface area (Å²) in [6.45, 7) is 11.8. The molecule has 5 unspecified atom stereocenters. The van der Waals surface area contributed by atoms with Crippen LogP contribution in [-0.2, 0) is 4.74 Å². The van der Waals surface area contributed by atoms with Crippen LogP contribution in [-0.4, -0.2) is 49.3 Å². The number of hydrogen-bond acceptors (Lipinski definition) is 3. The topological polar surface area (TPSA) is 24.5 Å². The van der Waals surface area contributed by atoms with Gasteiger partial charge in [-0.3, -0.25) is 4.90 Å². The molecule has 1 aliphatic heterocycles. The molecule has 0 aromatic carbocycles. The smallest absolute Gasteiger partial charge is 0.0586 e. The highest BCUT2D eigenvalue weighted by Gasteiger charge is 2.37. The van der Waals surface area contributed by atoms with E-state index >= 15 is 0 Å². The zero-order valence-electron chi connectivity index (χ0n) is 14.8. The van der Waals surface area contributed by atoms with E-state index in [1.807, 2.05) is 7.11 Å². The van der Waals surface area contributed by atoms with E-state index in [2.05, 4.69) is 37.9 Å². The van der Waals surface area contributed by atoms with Crippen molar-refractivity contribution in [1.29, 1.82) is 0 Å². The van der Waals surface area contributed by atoms with Gasteiger partial charge in [-0.05, 0) is 37.5 Å². The molecule has 0 aromatic rings. The van der Waals surface area contributed by atoms with Crippen molar-refractivity contribution >= 4 is 0 Å². The Morgan fingerprint density at radius 2 is 2.00 bits per heavy atom. The SMILES string of the molecule is CCC(C)C1CN(C2CCCC(OC)C2)C(C(C)C)CN1. The molecular formula is C18H36N2O. The van der Waals surface area contributed by atoms with Gasteiger partial charge in [-0.25, -0.2) is 0 Å². The van der Waals surface area contributed by atoms with Crippen LogP contribution < -0.4 is 5.32 Å². The molecule has 1 N–H and O–H groups in total. The van der Waals surface area contributed by atoms with E-state index in [-0.39, 0.29) is 0 Å². The first-order chi connectivity index (χ1) is 10.1. The highest BCUT2D eigenvalue weighted by molar-refractivity contribution is 4.94. The maximum atomic E-state index is 5.66. The van der Waals surface area contributed by atoms with Crippen LogP contribution in [0.25, 0.3) is 0 Å². The largest absolute Gasteiger partial charge is 0.381 e. The molecule has 0 spiro atoms. The fourth-order valence-corrected chi connectivity index (χ4v) is 4.16. The van der Waals surface area contributed by atoms with Crippen molar-refractivity contribution < 1.29 is 4.74 Å². The number of hydrogen-bond donors (Lipinski definition) is 1. The molecule has 5 atom stereocenters. The van der Waals surface area contributed by atoms with E-state index in [9.17, 15) is 0 Å². The van der Waals surface area contributed by atoms with E-state index < -0.39 is 0 Å². The molecule has 124 valence electrons. The summed E-state index contributed by atoms with van der Waals surface area (Å²) in [6.07, 6.45) is 6.91. The van der Waals surface area contributed by atoms with Crippen molar-refractivity contribution in [3.05, 3.63) is 0 Å². The van der Waals surface area contributed by atoms with Crippen molar-refractivity contribution in [1.82, 2.24) is 10.2 Å². The summed E-state index contributed by atoms with van der Waals surface area (Å²) in [7, 11) is 1.88. The average molecular weight is 296 g/mol. The standard InChI is InChI=1S/C18H36N2O/c1-6-14(4)17-12-20(18(11-19-17)13(2)3)15-8-7-9-16(10-15)21-5/h13-19H,6-12H2,1-5H3. The maximum absolute atomic E-state index is 5.66. The van der Waals surface area contributed by atoms with Gasteiger partial charge in [0.2, 0.25) is 0 Å². The third kappa shape index (κ3) is 4.20. The van der Waals surface area contributed by atoms with Crippen molar-refractivity contribution in [2.45, 2.75) is 84.0 Å². The Balaban J connectivity index is 2.06. The molecule has 3 heteroatoms. The van der Waals surface area contributed by atoms with E-state index in [4.69, 9.17) is 4.74 Å². The van der Waals surface area contributed by atoms with Crippen molar-refractivity contribution in [2.75, 3.05) is 20.2 Å². The molecule has 0 bridgehead atoms. The highest BCUT2D eigenvalue weighted by Crippen LogP contribution is 2.30. The van der Waals surface area contributed by atoms with Gasteiger partial charge in [-0.2, -0.15) is 0 Å². The van der Waals surface area contributed by atoms with Gasteiger partial charge in [0.1, 0.15) is 0 Å². The van der Waals surface area contributed by atoms with Crippen molar-refractivity contribution in [2.24, 2.45) is 11.8 Å². The van der Waals surface area contributed by atoms with E-state index in [1.54, 1.807) is 0 Å². The minimum Gasteiger partial charge on any atom is -0.381 e. The summed E-state index contributed by atoms with van der Waals surface area (Å²) in [4.78, 5) is 2.84. The molecule has 0 amide bonds. The Morgan fingerprint density at radius 3 is 2.62 bits per heavy atom. The van der Waals surface area contributed by atoms with Crippen LogP contribution in [0.15, 0.2) is 0 Å². The van der Waals surface area contributed by atoms with Gasteiger partial charge in [-0.15, -0.1) is 0 Å². The first-order valence-corrected chi connectivity index (χ1v) is 9.08. The summed E-state index contributed by atoms with van der Waals surface area (Å²) in [5.74, 6) is 1.49. The highest BCUT2D eigenvalue weighted by atomic mass is 16.5. The van der Waals surface area contributed by atoms with Gasteiger partial charge in [-0.1, -0.05) is 34.1 Å². The average Bonchev–Trinajstić information content (AvgIpc) is 2.53. The Bertz CT molecular complexity index is 306. The normalized spacial score (nSPS) is 36.9. The third-order valence-electron chi connectivity index (χ3n) is 5.92. The zero-order valence-corrected chi connectivity index (χ0v) is 14.8. The fourth-order valence-electron chi connectivity index (χ4n) is 4.16. The van der Waals surface area contributed by atoms with Gasteiger partial charge >= 0.3 is 0 Å². The molecular weight excluding hydrogens is 260 g/mol. The predicted octanol–water partition coefficient (Wildman–Crippen LogP) is 3.29. The Kier molecular flexibility index (Phi) is 6.51. The van der Waals surface area contributed by atoms with Gasteiger partial charge in [0.05, 0.1) is 6.10 Å². The van der Waals surface area contributed by atoms with E-state index in [1.165, 1.54) is 38.6 Å². The van der Waals surface area contributed by atoms with Crippen molar-refractivity contribution in [3.63, 3.8) is 0 Å². The molecule has 2 rings (SSSR count). The second-order valence-electron chi connectivity index (χ2n) is 7.59. The third-order valence-corrected chi connectivity index (χ3v) is 5.92. The number of rotatable bonds is 5. The van der Waals surface area contributed by atoms with Gasteiger partial charge in [0, 0.05) is 38.3 Å². The van der Waals surface area contributed by atoms with E-state index in [0.717, 1.165) is 24.4 Å². The van der Waals surface area contributed by atoms with Crippen LogP contribution in [0.2, 0.25) is 0 Å². The number of ether oxygens (including phenoxy) is 1. The number of nitrogens with one attached hydrogen (secondary N) is 1. The molecule has 21 heavy (non-hydrogen) atoms. The predicted molar refractivity (Wildman–Crippen MR) is 89.6 cm³/mol. The minimum absolute atomic E-state index is 0.480. The quantitative estimate of drug-likeness (QED) is 0.842. The number of piperazine rings is 1. The van der Waals surface area contributed by atoms with Crippen LogP contribution in [0.3, 0.4) is 0 Å². The zero-order chi connectivity index (χ0) is 15.4. The summed E-state index contributed by atoms with van der Waals surface area (Å²) in [5, 5.41) is 3.82. The number of nitrogens with zero attached hydrogens (tertiary/aromatic N) is 1. The molecule has 0 radical (unpaired) electrons. The van der Waals surface area contributed by atoms with Gasteiger partial charge < -0.3 is 10.1 Å². The molecule has 1 aliphatic carbocycles. The lowest BCUT2D eigenvalue weighted by Gasteiger charge is -2.49. The van der Waals surface area contributed by atoms with Crippen LogP contribution in [0.5, 0.6) is 0 Å². The van der Waals surface area contributed by atoms with Crippen LogP contribution >= 0.6 is 0 Å². The summed E-state index contributed by atoms with van der Waals surface area (Å²) < 4.78 is 5.66. The Morgan fingerprint density at radius 1 is 1.24 bits per heavy atom. The lowest BCUT2D eigenvalue weighted by atomic mass is 9.86. The lowest BCUT2D eigenvalue weighted by molar-refractivity contribution is -0.0147. The maximum Gasteiger partial charge on any atom is 0.0586 e. The van der Waals surface area contributed by atoms with Crippen LogP contribution in [0, 0.1) is 11.8 Å². The first-order valence-electron chi connectivity index (χ1n) is 9.08. The number of methoxy groups -OCH3 is 1. The molecule has 2 fully saturated rings. The van der Waals surface area contributed by atoms with Crippen molar-refractivity contribution in [3.8, 4) is 0 Å². The molecule has 3 nitrogen and oxygen atoms in total. The van der Waals surface area contributed by atoms with E-state index in [0.29, 0.717) is 18.2 Å². The second kappa shape index (κ2) is 7.94. The summed E-state index contributed by atoms with van der Waals surface area (Å²) in [6, 6.07) is 2.07. The van der Waals surface area contributed by atoms with Gasteiger partial charge in [0.25, 0.3) is 0 Å². The summed E-state index contributed by atoms with van der Waals surface area (Å²) >= 11 is 0. The van der Waals surface area contributed by atoms with Crippen LogP contribution in [0.4, 0.5) is 0 Å². The Hall–Kier alpha value is -0.120. The minimum atomic E-state index is 0.480. The van der Waals surface area contributed by atoms with Crippen LogP contribution in [0.1, 0.15) is 59.8 Å². The Labute approximate surface area is 131 Å². The molecule has 1 saturated heterocycles. The lowest BCUT2D eigenvalue weighted by Crippen LogP contribution is -2.63. The fraction of sp³-hybridized carbons (Fsp3) is 1.00. The molecule has 1 heterocycles.